The van der Waals surface area contributed by atoms with E-state index in [1.165, 1.54) is 11.1 Å². The van der Waals surface area contributed by atoms with Gasteiger partial charge in [-0.15, -0.1) is 0 Å². The van der Waals surface area contributed by atoms with Gasteiger partial charge in [-0.25, -0.2) is 4.79 Å². The smallest absolute Gasteiger partial charge is 0.434 e. The molecule has 0 bridgehead atoms. The minimum absolute atomic E-state index is 0.113. The lowest BCUT2D eigenvalue weighted by Gasteiger charge is -2.38. The fraction of sp³-hybridized carbons (Fsp3) is 0.583. The van der Waals surface area contributed by atoms with Crippen LogP contribution in [0.4, 0.5) is 4.79 Å². The Kier molecular flexibility index (Phi) is 7.07. The highest BCUT2D eigenvalue weighted by Crippen LogP contribution is 2.37. The predicted octanol–water partition coefficient (Wildman–Crippen LogP) is 4.46. The van der Waals surface area contributed by atoms with Gasteiger partial charge in [0.15, 0.2) is 0 Å². The molecule has 1 aromatic carbocycles. The van der Waals surface area contributed by atoms with Crippen LogP contribution in [0.3, 0.4) is 0 Å². The molecule has 1 aliphatic carbocycles. The molecule has 1 aliphatic heterocycles. The Hall–Kier alpha value is -2.90. The van der Waals surface area contributed by atoms with Crippen LogP contribution in [0.1, 0.15) is 74.8 Å². The average Bonchev–Trinajstić information content (AvgIpc) is 3.51. The van der Waals surface area contributed by atoms with Crippen molar-refractivity contribution in [3.05, 3.63) is 41.3 Å². The van der Waals surface area contributed by atoms with E-state index in [4.69, 9.17) is 14.0 Å². The van der Waals surface area contributed by atoms with E-state index >= 15 is 0 Å². The third-order valence-electron chi connectivity index (χ3n) is 6.54. The van der Waals surface area contributed by atoms with Crippen molar-refractivity contribution in [1.29, 1.82) is 0 Å². The minimum Gasteiger partial charge on any atom is -0.434 e. The molecule has 2 fully saturated rings. The Balaban J connectivity index is 1.54. The van der Waals surface area contributed by atoms with Gasteiger partial charge in [-0.2, -0.15) is 4.98 Å². The standard InChI is InChI=1S/C24H31N3O5/c1-3-16-9-11-17(12-10-16)19-13-20(15-27(14-19)22(28)18-7-5-6-8-18)21-25-23(26-32-21)31-24(29)30-4-2/h9-12,18-20H,3-8,13-15H2,1-2H3. The molecule has 0 radical (unpaired) electrons. The van der Waals surface area contributed by atoms with Gasteiger partial charge in [-0.1, -0.05) is 44.0 Å². The van der Waals surface area contributed by atoms with Crippen LogP contribution < -0.4 is 4.74 Å². The number of amides is 1. The van der Waals surface area contributed by atoms with Crippen molar-refractivity contribution in [2.24, 2.45) is 5.92 Å². The van der Waals surface area contributed by atoms with Crippen molar-refractivity contribution in [2.45, 2.75) is 64.2 Å². The topological polar surface area (TPSA) is 94.8 Å². The number of ether oxygens (including phenoxy) is 2. The van der Waals surface area contributed by atoms with E-state index in [1.54, 1.807) is 6.92 Å². The molecule has 2 heterocycles. The molecule has 8 nitrogen and oxygen atoms in total. The van der Waals surface area contributed by atoms with Gasteiger partial charge in [0.1, 0.15) is 0 Å². The number of piperidine rings is 1. The summed E-state index contributed by atoms with van der Waals surface area (Å²) in [4.78, 5) is 31.0. The average molecular weight is 442 g/mol. The monoisotopic (exact) mass is 441 g/mol. The summed E-state index contributed by atoms with van der Waals surface area (Å²) in [6, 6.07) is 8.46. The lowest BCUT2D eigenvalue weighted by atomic mass is 9.83. The van der Waals surface area contributed by atoms with Crippen molar-refractivity contribution in [3.63, 3.8) is 0 Å². The second-order valence-electron chi connectivity index (χ2n) is 8.65. The van der Waals surface area contributed by atoms with Gasteiger partial charge in [0.25, 0.3) is 0 Å². The van der Waals surface area contributed by atoms with Crippen molar-refractivity contribution in [2.75, 3.05) is 19.7 Å². The van der Waals surface area contributed by atoms with Gasteiger partial charge in [0.2, 0.25) is 11.8 Å². The molecule has 1 amide bonds. The normalized spacial score (nSPS) is 21.5. The Morgan fingerprint density at radius 1 is 1.09 bits per heavy atom. The van der Waals surface area contributed by atoms with Gasteiger partial charge < -0.3 is 18.9 Å². The van der Waals surface area contributed by atoms with Gasteiger partial charge in [0.05, 0.1) is 12.5 Å². The van der Waals surface area contributed by atoms with Gasteiger partial charge in [-0.05, 0) is 48.9 Å². The number of hydrogen-bond acceptors (Lipinski definition) is 7. The summed E-state index contributed by atoms with van der Waals surface area (Å²) in [6.07, 6.45) is 5.07. The van der Waals surface area contributed by atoms with Crippen LogP contribution in [-0.4, -0.2) is 46.8 Å². The Morgan fingerprint density at radius 3 is 2.50 bits per heavy atom. The van der Waals surface area contributed by atoms with E-state index in [9.17, 15) is 9.59 Å². The summed E-state index contributed by atoms with van der Waals surface area (Å²) in [7, 11) is 0. The van der Waals surface area contributed by atoms with E-state index in [0.29, 0.717) is 19.0 Å². The van der Waals surface area contributed by atoms with Crippen LogP contribution in [0.5, 0.6) is 6.01 Å². The van der Waals surface area contributed by atoms with Crippen LogP contribution >= 0.6 is 0 Å². The van der Waals surface area contributed by atoms with Gasteiger partial charge in [0, 0.05) is 24.9 Å². The Labute approximate surface area is 188 Å². The highest BCUT2D eigenvalue weighted by Gasteiger charge is 2.37. The summed E-state index contributed by atoms with van der Waals surface area (Å²) < 4.78 is 15.2. The molecular weight excluding hydrogens is 410 g/mol. The maximum absolute atomic E-state index is 13.3. The maximum Gasteiger partial charge on any atom is 0.516 e. The lowest BCUT2D eigenvalue weighted by Crippen LogP contribution is -2.44. The minimum atomic E-state index is -0.865. The number of hydrogen-bond donors (Lipinski definition) is 0. The molecule has 1 aromatic heterocycles. The number of rotatable bonds is 6. The fourth-order valence-electron chi connectivity index (χ4n) is 4.81. The number of carbonyl (C=O) groups excluding carboxylic acids is 2. The summed E-state index contributed by atoms with van der Waals surface area (Å²) >= 11 is 0. The summed E-state index contributed by atoms with van der Waals surface area (Å²) in [5.41, 5.74) is 2.50. The fourth-order valence-corrected chi connectivity index (χ4v) is 4.81. The summed E-state index contributed by atoms with van der Waals surface area (Å²) in [5, 5.41) is 3.77. The summed E-state index contributed by atoms with van der Waals surface area (Å²) in [5.74, 6) is 0.763. The van der Waals surface area contributed by atoms with E-state index < -0.39 is 6.16 Å². The van der Waals surface area contributed by atoms with E-state index in [-0.39, 0.29) is 36.3 Å². The first-order valence-electron chi connectivity index (χ1n) is 11.6. The van der Waals surface area contributed by atoms with Crippen molar-refractivity contribution < 1.29 is 23.6 Å². The zero-order valence-electron chi connectivity index (χ0n) is 18.8. The van der Waals surface area contributed by atoms with Crippen LogP contribution in [0.25, 0.3) is 0 Å². The molecule has 2 aliphatic rings. The molecule has 0 N–H and O–H groups in total. The summed E-state index contributed by atoms with van der Waals surface area (Å²) in [6.45, 7) is 5.24. The van der Waals surface area contributed by atoms with Crippen LogP contribution in [0, 0.1) is 5.92 Å². The molecule has 0 spiro atoms. The molecule has 2 aromatic rings. The molecule has 32 heavy (non-hydrogen) atoms. The van der Waals surface area contributed by atoms with Gasteiger partial charge >= 0.3 is 12.2 Å². The van der Waals surface area contributed by atoms with E-state index in [0.717, 1.165) is 38.5 Å². The molecule has 8 heteroatoms. The van der Waals surface area contributed by atoms with E-state index in [1.807, 2.05) is 4.90 Å². The lowest BCUT2D eigenvalue weighted by molar-refractivity contribution is -0.137. The zero-order valence-corrected chi connectivity index (χ0v) is 18.8. The molecular formula is C24H31N3O5. The SMILES string of the molecule is CCOC(=O)Oc1noc(C2CC(c3ccc(CC)cc3)CN(C(=O)C3CCCC3)C2)n1. The number of aromatic nitrogens is 2. The molecule has 172 valence electrons. The third-order valence-corrected chi connectivity index (χ3v) is 6.54. The number of benzene rings is 1. The Bertz CT molecular complexity index is 920. The van der Waals surface area contributed by atoms with E-state index in [2.05, 4.69) is 41.3 Å². The zero-order chi connectivity index (χ0) is 22.5. The third kappa shape index (κ3) is 5.11. The number of nitrogens with zero attached hydrogens (tertiary/aromatic N) is 3. The van der Waals surface area contributed by atoms with Crippen molar-refractivity contribution >= 4 is 12.1 Å². The second kappa shape index (κ2) is 10.1. The van der Waals surface area contributed by atoms with Crippen molar-refractivity contribution in [3.8, 4) is 6.01 Å². The van der Waals surface area contributed by atoms with Gasteiger partial charge in [-0.3, -0.25) is 4.79 Å². The predicted molar refractivity (Wildman–Crippen MR) is 116 cm³/mol. The first kappa shape index (κ1) is 22.3. The molecule has 2 atom stereocenters. The van der Waals surface area contributed by atoms with Crippen LogP contribution in [-0.2, 0) is 16.0 Å². The quantitative estimate of drug-likeness (QED) is 0.611. The van der Waals surface area contributed by atoms with Crippen LogP contribution in [0.15, 0.2) is 28.8 Å². The highest BCUT2D eigenvalue weighted by molar-refractivity contribution is 5.79. The highest BCUT2D eigenvalue weighted by atomic mass is 16.7. The largest absolute Gasteiger partial charge is 0.516 e. The molecule has 1 saturated carbocycles. The number of aryl methyl sites for hydroxylation is 1. The number of carbonyl (C=O) groups is 2. The first-order chi connectivity index (χ1) is 15.6. The molecule has 2 unspecified atom stereocenters. The molecule has 1 saturated heterocycles. The molecule has 4 rings (SSSR count). The van der Waals surface area contributed by atoms with Crippen molar-refractivity contribution in [1.82, 2.24) is 15.0 Å². The maximum atomic E-state index is 13.3. The number of likely N-dealkylation sites (tertiary alicyclic amines) is 1. The van der Waals surface area contributed by atoms with Crippen LogP contribution in [0.2, 0.25) is 0 Å². The Morgan fingerprint density at radius 2 is 1.81 bits per heavy atom. The first-order valence-corrected chi connectivity index (χ1v) is 11.6. The second-order valence-corrected chi connectivity index (χ2v) is 8.65.